The molecule has 0 aromatic carbocycles. The fraction of sp³-hybridized carbons (Fsp3) is 0.333. The Balaban J connectivity index is 2.82. The first-order valence-electron chi connectivity index (χ1n) is 3.60. The Morgan fingerprint density at radius 2 is 2.50 bits per heavy atom. The molecule has 2 unspecified atom stereocenters. The molecule has 0 radical (unpaired) electrons. The van der Waals surface area contributed by atoms with E-state index in [1.165, 1.54) is 0 Å². The maximum atomic E-state index is 10.5. The zero-order valence-electron chi connectivity index (χ0n) is 6.73. The van der Waals surface area contributed by atoms with Crippen molar-refractivity contribution in [1.82, 2.24) is 0 Å². The molecule has 1 aliphatic carbocycles. The van der Waals surface area contributed by atoms with Crippen molar-refractivity contribution in [2.24, 2.45) is 5.92 Å². The SMILES string of the molecule is CSC1C=C(C#N)C=CC1C=O. The van der Waals surface area contributed by atoms with E-state index in [0.29, 0.717) is 5.57 Å². The number of carbonyl (C=O) groups is 1. The van der Waals surface area contributed by atoms with E-state index in [4.69, 9.17) is 5.26 Å². The molecule has 2 nitrogen and oxygen atoms in total. The second kappa shape index (κ2) is 4.13. The number of hydrogen-bond donors (Lipinski definition) is 0. The Hall–Kier alpha value is -1.01. The van der Waals surface area contributed by atoms with Gasteiger partial charge in [0.1, 0.15) is 6.29 Å². The van der Waals surface area contributed by atoms with Crippen LogP contribution in [0.3, 0.4) is 0 Å². The van der Waals surface area contributed by atoms with Gasteiger partial charge in [-0.2, -0.15) is 17.0 Å². The first-order valence-corrected chi connectivity index (χ1v) is 4.89. The molecule has 2 atom stereocenters. The van der Waals surface area contributed by atoms with Gasteiger partial charge in [0, 0.05) is 16.7 Å². The molecule has 1 aliphatic rings. The summed E-state index contributed by atoms with van der Waals surface area (Å²) in [5.41, 5.74) is 0.646. The summed E-state index contributed by atoms with van der Waals surface area (Å²) in [4.78, 5) is 10.5. The first-order chi connectivity index (χ1) is 5.81. The lowest BCUT2D eigenvalue weighted by molar-refractivity contribution is -0.109. The van der Waals surface area contributed by atoms with Gasteiger partial charge in [0.25, 0.3) is 0 Å². The van der Waals surface area contributed by atoms with Crippen LogP contribution in [0.1, 0.15) is 0 Å². The maximum absolute atomic E-state index is 10.5. The summed E-state index contributed by atoms with van der Waals surface area (Å²) >= 11 is 1.59. The zero-order chi connectivity index (χ0) is 8.97. The molecule has 0 fully saturated rings. The van der Waals surface area contributed by atoms with Crippen LogP contribution in [-0.4, -0.2) is 17.8 Å². The molecule has 0 aromatic heterocycles. The Morgan fingerprint density at radius 1 is 1.75 bits per heavy atom. The van der Waals surface area contributed by atoms with E-state index >= 15 is 0 Å². The summed E-state index contributed by atoms with van der Waals surface area (Å²) < 4.78 is 0. The molecular formula is C9H9NOS. The third-order valence-corrected chi connectivity index (χ3v) is 2.77. The summed E-state index contributed by atoms with van der Waals surface area (Å²) in [6.45, 7) is 0. The molecule has 0 amide bonds. The van der Waals surface area contributed by atoms with Gasteiger partial charge in [0.05, 0.1) is 6.07 Å². The largest absolute Gasteiger partial charge is 0.303 e. The smallest absolute Gasteiger partial charge is 0.128 e. The molecule has 0 aromatic rings. The van der Waals surface area contributed by atoms with Gasteiger partial charge in [-0.1, -0.05) is 12.2 Å². The predicted molar refractivity (Wildman–Crippen MR) is 49.7 cm³/mol. The molecule has 12 heavy (non-hydrogen) atoms. The van der Waals surface area contributed by atoms with Gasteiger partial charge in [-0.3, -0.25) is 0 Å². The fourth-order valence-electron chi connectivity index (χ4n) is 1.09. The van der Waals surface area contributed by atoms with Crippen molar-refractivity contribution in [3.05, 3.63) is 23.8 Å². The molecule has 3 heteroatoms. The highest BCUT2D eigenvalue weighted by atomic mass is 32.2. The summed E-state index contributed by atoms with van der Waals surface area (Å²) in [7, 11) is 0. The van der Waals surface area contributed by atoms with Crippen LogP contribution in [0.4, 0.5) is 0 Å². The predicted octanol–water partition coefficient (Wildman–Crippen LogP) is 1.55. The Morgan fingerprint density at radius 3 is 3.00 bits per heavy atom. The van der Waals surface area contributed by atoms with Crippen LogP contribution < -0.4 is 0 Å². The average Bonchev–Trinajstić information content (AvgIpc) is 2.16. The third kappa shape index (κ3) is 1.77. The van der Waals surface area contributed by atoms with Gasteiger partial charge in [0.15, 0.2) is 0 Å². The average molecular weight is 179 g/mol. The Labute approximate surface area is 76.0 Å². The minimum absolute atomic E-state index is 0.0721. The number of hydrogen-bond acceptors (Lipinski definition) is 3. The fourth-order valence-corrected chi connectivity index (χ4v) is 1.84. The van der Waals surface area contributed by atoms with Crippen molar-refractivity contribution < 1.29 is 4.79 Å². The van der Waals surface area contributed by atoms with E-state index in [0.717, 1.165) is 6.29 Å². The molecule has 62 valence electrons. The highest BCUT2D eigenvalue weighted by molar-refractivity contribution is 7.99. The third-order valence-electron chi connectivity index (χ3n) is 1.78. The number of rotatable bonds is 2. The Bertz CT molecular complexity index is 275. The van der Waals surface area contributed by atoms with Gasteiger partial charge >= 0.3 is 0 Å². The maximum Gasteiger partial charge on any atom is 0.128 e. The molecule has 0 saturated heterocycles. The van der Waals surface area contributed by atoms with Crippen LogP contribution in [-0.2, 0) is 4.79 Å². The number of allylic oxidation sites excluding steroid dienone is 3. The highest BCUT2D eigenvalue weighted by Gasteiger charge is 2.18. The minimum Gasteiger partial charge on any atom is -0.303 e. The van der Waals surface area contributed by atoms with Crippen LogP contribution in [0.2, 0.25) is 0 Å². The summed E-state index contributed by atoms with van der Waals surface area (Å²) in [5, 5.41) is 8.72. The number of thioether (sulfide) groups is 1. The van der Waals surface area contributed by atoms with Gasteiger partial charge in [-0.25, -0.2) is 0 Å². The number of nitriles is 1. The van der Waals surface area contributed by atoms with Crippen molar-refractivity contribution >= 4 is 18.0 Å². The van der Waals surface area contributed by atoms with E-state index in [1.54, 1.807) is 23.9 Å². The van der Waals surface area contributed by atoms with Crippen molar-refractivity contribution in [3.8, 4) is 6.07 Å². The lowest BCUT2D eigenvalue weighted by Gasteiger charge is -2.17. The molecule has 0 saturated carbocycles. The molecule has 0 bridgehead atoms. The number of aldehydes is 1. The standard InChI is InChI=1S/C9H9NOS/c1-12-9-4-7(5-10)2-3-8(9)6-11/h2-4,6,8-9H,1H3. The molecule has 0 N–H and O–H groups in total. The van der Waals surface area contributed by atoms with Gasteiger partial charge < -0.3 is 4.79 Å². The molecular weight excluding hydrogens is 170 g/mol. The quantitative estimate of drug-likeness (QED) is 0.604. The van der Waals surface area contributed by atoms with Gasteiger partial charge in [-0.05, 0) is 12.3 Å². The molecule has 1 rings (SSSR count). The summed E-state index contributed by atoms with van der Waals surface area (Å²) in [5.74, 6) is -0.0721. The van der Waals surface area contributed by atoms with E-state index in [1.807, 2.05) is 12.3 Å². The molecule has 0 heterocycles. The van der Waals surface area contributed by atoms with Crippen LogP contribution in [0.5, 0.6) is 0 Å². The second-order valence-electron chi connectivity index (χ2n) is 2.51. The van der Waals surface area contributed by atoms with Crippen LogP contribution in [0.15, 0.2) is 23.8 Å². The first kappa shape index (κ1) is 9.08. The summed E-state index contributed by atoms with van der Waals surface area (Å²) in [6.07, 6.45) is 8.18. The Kier molecular flexibility index (Phi) is 3.12. The normalized spacial score (nSPS) is 27.5. The second-order valence-corrected chi connectivity index (χ2v) is 3.52. The van der Waals surface area contributed by atoms with Gasteiger partial charge in [0.2, 0.25) is 0 Å². The van der Waals surface area contributed by atoms with Crippen LogP contribution in [0, 0.1) is 17.2 Å². The lowest BCUT2D eigenvalue weighted by atomic mass is 9.98. The lowest BCUT2D eigenvalue weighted by Crippen LogP contribution is -2.17. The van der Waals surface area contributed by atoms with E-state index in [9.17, 15) is 4.79 Å². The van der Waals surface area contributed by atoms with Crippen molar-refractivity contribution in [3.63, 3.8) is 0 Å². The van der Waals surface area contributed by atoms with Crippen molar-refractivity contribution in [2.45, 2.75) is 5.25 Å². The van der Waals surface area contributed by atoms with E-state index < -0.39 is 0 Å². The molecule has 0 spiro atoms. The van der Waals surface area contributed by atoms with Crippen molar-refractivity contribution in [1.29, 1.82) is 5.26 Å². The topological polar surface area (TPSA) is 40.9 Å². The number of carbonyl (C=O) groups excluding carboxylic acids is 1. The van der Waals surface area contributed by atoms with E-state index in [-0.39, 0.29) is 11.2 Å². The van der Waals surface area contributed by atoms with Gasteiger partial charge in [-0.15, -0.1) is 0 Å². The van der Waals surface area contributed by atoms with Crippen molar-refractivity contribution in [2.75, 3.05) is 6.26 Å². The summed E-state index contributed by atoms with van der Waals surface area (Å²) in [6, 6.07) is 2.06. The number of nitrogens with zero attached hydrogens (tertiary/aromatic N) is 1. The minimum atomic E-state index is -0.0721. The highest BCUT2D eigenvalue weighted by Crippen LogP contribution is 2.24. The van der Waals surface area contributed by atoms with E-state index in [2.05, 4.69) is 6.07 Å². The van der Waals surface area contributed by atoms with Crippen LogP contribution >= 0.6 is 11.8 Å². The molecule has 0 aliphatic heterocycles. The zero-order valence-corrected chi connectivity index (χ0v) is 7.54. The monoisotopic (exact) mass is 179 g/mol. The van der Waals surface area contributed by atoms with Crippen LogP contribution in [0.25, 0.3) is 0 Å².